The minimum absolute atomic E-state index is 0.341. The van der Waals surface area contributed by atoms with E-state index in [1.807, 2.05) is 24.3 Å². The van der Waals surface area contributed by atoms with Crippen molar-refractivity contribution < 1.29 is 14.2 Å². The number of hydrogen-bond acceptors (Lipinski definition) is 4. The Morgan fingerprint density at radius 1 is 1.15 bits per heavy atom. The van der Waals surface area contributed by atoms with Crippen molar-refractivity contribution in [3.05, 3.63) is 29.8 Å². The number of piperidine rings is 1. The molecule has 0 aromatic heterocycles. The van der Waals surface area contributed by atoms with Gasteiger partial charge in [-0.05, 0) is 24.3 Å². The van der Waals surface area contributed by atoms with Crippen molar-refractivity contribution in [1.29, 1.82) is 0 Å². The van der Waals surface area contributed by atoms with E-state index in [0.717, 1.165) is 42.2 Å². The van der Waals surface area contributed by atoms with Gasteiger partial charge in [-0.2, -0.15) is 0 Å². The lowest BCUT2D eigenvalue weighted by Gasteiger charge is -2.38. The van der Waals surface area contributed by atoms with Crippen molar-refractivity contribution in [1.82, 2.24) is 4.90 Å². The number of likely N-dealkylation sites (tertiary alicyclic amines) is 1. The lowest BCUT2D eigenvalue weighted by Crippen LogP contribution is -2.47. The second kappa shape index (κ2) is 5.68. The number of hydrogen-bond donors (Lipinski definition) is 0. The second-order valence-electron chi connectivity index (χ2n) is 5.13. The molecule has 20 heavy (non-hydrogen) atoms. The molecule has 2 fully saturated rings. The molecule has 0 radical (unpaired) electrons. The minimum atomic E-state index is -0.341. The Bertz CT molecular complexity index is 472. The summed E-state index contributed by atoms with van der Waals surface area (Å²) in [5, 5.41) is 0. The van der Waals surface area contributed by atoms with Crippen molar-refractivity contribution in [2.45, 2.75) is 18.6 Å². The summed E-state index contributed by atoms with van der Waals surface area (Å²) in [6.07, 6.45) is 1.76. The summed E-state index contributed by atoms with van der Waals surface area (Å²) in [4.78, 5) is 3.12. The Morgan fingerprint density at radius 3 is 2.30 bits per heavy atom. The minimum Gasteiger partial charge on any atom is -0.497 e. The second-order valence-corrected chi connectivity index (χ2v) is 5.52. The number of rotatable bonds is 2. The lowest BCUT2D eigenvalue weighted by atomic mass is 10.0. The summed E-state index contributed by atoms with van der Waals surface area (Å²) in [5.74, 6) is 0.508. The van der Waals surface area contributed by atoms with Crippen LogP contribution in [0.3, 0.4) is 0 Å². The molecule has 1 aromatic carbocycles. The molecule has 2 heterocycles. The molecule has 2 saturated heterocycles. The SMILES string of the molecule is COc1ccc(C(=S)N2CCC3(CC2)OCCO3)cc1. The molecule has 0 aliphatic carbocycles. The van der Waals surface area contributed by atoms with Crippen LogP contribution in [0.1, 0.15) is 18.4 Å². The van der Waals surface area contributed by atoms with Crippen LogP contribution in [-0.4, -0.2) is 49.1 Å². The molecule has 0 saturated carbocycles. The predicted octanol–water partition coefficient (Wildman–Crippen LogP) is 2.21. The van der Waals surface area contributed by atoms with Crippen LogP contribution in [-0.2, 0) is 9.47 Å². The van der Waals surface area contributed by atoms with Crippen molar-refractivity contribution in [2.75, 3.05) is 33.4 Å². The Labute approximate surface area is 124 Å². The molecule has 0 atom stereocenters. The summed E-state index contributed by atoms with van der Waals surface area (Å²) in [6, 6.07) is 7.90. The number of thiocarbonyl (C=S) groups is 1. The monoisotopic (exact) mass is 293 g/mol. The van der Waals surface area contributed by atoms with Crippen molar-refractivity contribution >= 4 is 17.2 Å². The molecule has 3 rings (SSSR count). The number of benzene rings is 1. The van der Waals surface area contributed by atoms with Gasteiger partial charge in [-0.25, -0.2) is 0 Å². The highest BCUT2D eigenvalue weighted by molar-refractivity contribution is 7.80. The van der Waals surface area contributed by atoms with E-state index in [-0.39, 0.29) is 5.79 Å². The molecule has 4 nitrogen and oxygen atoms in total. The summed E-state index contributed by atoms with van der Waals surface area (Å²) in [6.45, 7) is 3.18. The van der Waals surface area contributed by atoms with Gasteiger partial charge in [0, 0.05) is 31.5 Å². The lowest BCUT2D eigenvalue weighted by molar-refractivity contribution is -0.180. The van der Waals surface area contributed by atoms with E-state index in [0.29, 0.717) is 13.2 Å². The van der Waals surface area contributed by atoms with Gasteiger partial charge in [0.2, 0.25) is 0 Å². The highest BCUT2D eigenvalue weighted by Crippen LogP contribution is 2.31. The van der Waals surface area contributed by atoms with E-state index in [4.69, 9.17) is 26.4 Å². The molecule has 1 aromatic rings. The standard InChI is InChI=1S/C15H19NO3S/c1-17-13-4-2-12(3-5-13)14(20)16-8-6-15(7-9-16)18-10-11-19-15/h2-5H,6-11H2,1H3. The van der Waals surface area contributed by atoms with Gasteiger partial charge in [-0.15, -0.1) is 0 Å². The molecule has 1 spiro atoms. The van der Waals surface area contributed by atoms with Crippen LogP contribution in [0, 0.1) is 0 Å². The fraction of sp³-hybridized carbons (Fsp3) is 0.533. The van der Waals surface area contributed by atoms with Crippen LogP contribution in [0.15, 0.2) is 24.3 Å². The van der Waals surface area contributed by atoms with Gasteiger partial charge in [0.15, 0.2) is 5.79 Å². The summed E-state index contributed by atoms with van der Waals surface area (Å²) >= 11 is 5.59. The molecule has 5 heteroatoms. The first-order chi connectivity index (χ1) is 9.72. The molecule has 0 bridgehead atoms. The first kappa shape index (κ1) is 13.8. The molecule has 0 N–H and O–H groups in total. The first-order valence-electron chi connectivity index (χ1n) is 6.94. The van der Waals surface area contributed by atoms with Gasteiger partial charge in [0.25, 0.3) is 0 Å². The molecule has 2 aliphatic heterocycles. The van der Waals surface area contributed by atoms with Crippen molar-refractivity contribution in [3.8, 4) is 5.75 Å². The van der Waals surface area contributed by atoms with Crippen LogP contribution < -0.4 is 4.74 Å². The molecular weight excluding hydrogens is 274 g/mol. The van der Waals surface area contributed by atoms with E-state index in [1.165, 1.54) is 0 Å². The zero-order valence-corrected chi connectivity index (χ0v) is 12.4. The van der Waals surface area contributed by atoms with Crippen LogP contribution in [0.25, 0.3) is 0 Å². The number of nitrogens with zero attached hydrogens (tertiary/aromatic N) is 1. The van der Waals surface area contributed by atoms with Gasteiger partial charge in [0.05, 0.1) is 20.3 Å². The summed E-state index contributed by atoms with van der Waals surface area (Å²) < 4.78 is 16.6. The van der Waals surface area contributed by atoms with E-state index >= 15 is 0 Å². The Morgan fingerprint density at radius 2 is 1.75 bits per heavy atom. The van der Waals surface area contributed by atoms with Crippen molar-refractivity contribution in [2.24, 2.45) is 0 Å². The molecule has 2 aliphatic rings. The van der Waals surface area contributed by atoms with E-state index in [1.54, 1.807) is 7.11 Å². The Hall–Kier alpha value is -1.17. The predicted molar refractivity (Wildman–Crippen MR) is 80.1 cm³/mol. The maximum Gasteiger partial charge on any atom is 0.171 e. The van der Waals surface area contributed by atoms with E-state index in [2.05, 4.69) is 4.90 Å². The molecule has 0 unspecified atom stereocenters. The Kier molecular flexibility index (Phi) is 3.92. The topological polar surface area (TPSA) is 30.9 Å². The maximum absolute atomic E-state index is 5.74. The van der Waals surface area contributed by atoms with Crippen LogP contribution in [0.5, 0.6) is 5.75 Å². The average molecular weight is 293 g/mol. The molecular formula is C15H19NO3S. The normalized spacial score (nSPS) is 21.1. The van der Waals surface area contributed by atoms with Crippen LogP contribution in [0.4, 0.5) is 0 Å². The highest BCUT2D eigenvalue weighted by Gasteiger charge is 2.40. The third-order valence-electron chi connectivity index (χ3n) is 3.96. The van der Waals surface area contributed by atoms with Gasteiger partial charge in [0.1, 0.15) is 10.7 Å². The summed E-state index contributed by atoms with van der Waals surface area (Å²) in [5.41, 5.74) is 1.06. The summed E-state index contributed by atoms with van der Waals surface area (Å²) in [7, 11) is 1.67. The molecule has 0 amide bonds. The molecule has 108 valence electrons. The fourth-order valence-corrected chi connectivity index (χ4v) is 3.07. The van der Waals surface area contributed by atoms with Gasteiger partial charge in [-0.3, -0.25) is 0 Å². The quantitative estimate of drug-likeness (QED) is 0.780. The first-order valence-corrected chi connectivity index (χ1v) is 7.34. The number of methoxy groups -OCH3 is 1. The van der Waals surface area contributed by atoms with Gasteiger partial charge < -0.3 is 19.1 Å². The third-order valence-corrected chi connectivity index (χ3v) is 4.46. The zero-order valence-electron chi connectivity index (χ0n) is 11.6. The van der Waals surface area contributed by atoms with E-state index < -0.39 is 0 Å². The largest absolute Gasteiger partial charge is 0.497 e. The smallest absolute Gasteiger partial charge is 0.171 e. The zero-order chi connectivity index (χ0) is 14.0. The Balaban J connectivity index is 1.63. The van der Waals surface area contributed by atoms with Crippen LogP contribution >= 0.6 is 12.2 Å². The van der Waals surface area contributed by atoms with Crippen LogP contribution in [0.2, 0.25) is 0 Å². The third kappa shape index (κ3) is 2.66. The van der Waals surface area contributed by atoms with E-state index in [9.17, 15) is 0 Å². The fourth-order valence-electron chi connectivity index (χ4n) is 2.75. The van der Waals surface area contributed by atoms with Crippen molar-refractivity contribution in [3.63, 3.8) is 0 Å². The number of ether oxygens (including phenoxy) is 3. The average Bonchev–Trinajstić information content (AvgIpc) is 2.96. The van der Waals surface area contributed by atoms with Gasteiger partial charge in [-0.1, -0.05) is 12.2 Å². The van der Waals surface area contributed by atoms with Gasteiger partial charge >= 0.3 is 0 Å². The highest BCUT2D eigenvalue weighted by atomic mass is 32.1. The maximum atomic E-state index is 5.74.